The van der Waals surface area contributed by atoms with Crippen LogP contribution >= 0.6 is 0 Å². The van der Waals surface area contributed by atoms with Gasteiger partial charge in [-0.15, -0.1) is 0 Å². The van der Waals surface area contributed by atoms with E-state index in [0.29, 0.717) is 0 Å². The van der Waals surface area contributed by atoms with Gasteiger partial charge in [0.05, 0.1) is 6.04 Å². The summed E-state index contributed by atoms with van der Waals surface area (Å²) in [5.74, 6) is 1.57. The molecule has 20 heavy (non-hydrogen) atoms. The Bertz CT molecular complexity index is 541. The lowest BCUT2D eigenvalue weighted by molar-refractivity contribution is 0.348. The summed E-state index contributed by atoms with van der Waals surface area (Å²) >= 11 is 0. The number of piperidine rings is 1. The first-order chi connectivity index (χ1) is 9.81. The van der Waals surface area contributed by atoms with E-state index in [1.54, 1.807) is 0 Å². The van der Waals surface area contributed by atoms with Crippen molar-refractivity contribution in [2.24, 2.45) is 0 Å². The van der Waals surface area contributed by atoms with Gasteiger partial charge in [-0.05, 0) is 38.3 Å². The molecule has 0 spiro atoms. The van der Waals surface area contributed by atoms with Gasteiger partial charge >= 0.3 is 0 Å². The summed E-state index contributed by atoms with van der Waals surface area (Å²) in [5, 5.41) is 7.56. The van der Waals surface area contributed by atoms with Crippen LogP contribution in [0.2, 0.25) is 0 Å². The molecule has 0 saturated carbocycles. The third kappa shape index (κ3) is 3.25. The van der Waals surface area contributed by atoms with Gasteiger partial charge in [0.25, 0.3) is 0 Å². The SMILES string of the molecule is Cc1ccc(CCc2nc(C3CCCCN3)no2)cc1. The van der Waals surface area contributed by atoms with E-state index in [9.17, 15) is 0 Å². The van der Waals surface area contributed by atoms with Crippen LogP contribution in [0.15, 0.2) is 28.8 Å². The van der Waals surface area contributed by atoms with Crippen LogP contribution in [-0.4, -0.2) is 16.7 Å². The highest BCUT2D eigenvalue weighted by atomic mass is 16.5. The average molecular weight is 271 g/mol. The number of nitrogens with zero attached hydrogens (tertiary/aromatic N) is 2. The van der Waals surface area contributed by atoms with E-state index in [1.807, 2.05) is 0 Å². The topological polar surface area (TPSA) is 51.0 Å². The zero-order chi connectivity index (χ0) is 13.8. The van der Waals surface area contributed by atoms with Gasteiger partial charge < -0.3 is 9.84 Å². The van der Waals surface area contributed by atoms with E-state index in [0.717, 1.165) is 37.5 Å². The van der Waals surface area contributed by atoms with Gasteiger partial charge in [0.1, 0.15) is 0 Å². The number of hydrogen-bond acceptors (Lipinski definition) is 4. The fourth-order valence-electron chi connectivity index (χ4n) is 2.59. The molecule has 2 aromatic rings. The van der Waals surface area contributed by atoms with Crippen molar-refractivity contribution < 1.29 is 4.52 Å². The monoisotopic (exact) mass is 271 g/mol. The largest absolute Gasteiger partial charge is 0.339 e. The van der Waals surface area contributed by atoms with Gasteiger partial charge in [0.15, 0.2) is 5.82 Å². The Balaban J connectivity index is 1.58. The first-order valence-electron chi connectivity index (χ1n) is 7.43. The minimum absolute atomic E-state index is 0.278. The van der Waals surface area contributed by atoms with E-state index in [1.165, 1.54) is 24.0 Å². The van der Waals surface area contributed by atoms with Gasteiger partial charge in [-0.1, -0.05) is 41.4 Å². The Kier molecular flexibility index (Phi) is 4.11. The quantitative estimate of drug-likeness (QED) is 0.928. The van der Waals surface area contributed by atoms with E-state index < -0.39 is 0 Å². The summed E-state index contributed by atoms with van der Waals surface area (Å²) in [6, 6.07) is 8.88. The maximum absolute atomic E-state index is 5.36. The molecule has 1 unspecified atom stereocenters. The molecular formula is C16H21N3O. The number of aryl methyl sites for hydroxylation is 3. The van der Waals surface area contributed by atoms with E-state index >= 15 is 0 Å². The summed E-state index contributed by atoms with van der Waals surface area (Å²) in [7, 11) is 0. The van der Waals surface area contributed by atoms with Crippen molar-refractivity contribution in [2.75, 3.05) is 6.54 Å². The van der Waals surface area contributed by atoms with Crippen LogP contribution in [-0.2, 0) is 12.8 Å². The van der Waals surface area contributed by atoms with Crippen LogP contribution in [0, 0.1) is 6.92 Å². The Morgan fingerprint density at radius 3 is 2.80 bits per heavy atom. The predicted octanol–water partition coefficient (Wildman–Crippen LogP) is 2.98. The Morgan fingerprint density at radius 1 is 1.20 bits per heavy atom. The van der Waals surface area contributed by atoms with Crippen molar-refractivity contribution in [3.63, 3.8) is 0 Å². The zero-order valence-electron chi connectivity index (χ0n) is 11.9. The highest BCUT2D eigenvalue weighted by molar-refractivity contribution is 5.21. The Morgan fingerprint density at radius 2 is 2.05 bits per heavy atom. The van der Waals surface area contributed by atoms with Crippen LogP contribution in [0.1, 0.15) is 48.1 Å². The van der Waals surface area contributed by atoms with E-state index in [2.05, 4.69) is 46.6 Å². The molecule has 4 heteroatoms. The maximum atomic E-state index is 5.36. The van der Waals surface area contributed by atoms with Gasteiger partial charge in [0, 0.05) is 6.42 Å². The van der Waals surface area contributed by atoms with E-state index in [-0.39, 0.29) is 6.04 Å². The lowest BCUT2D eigenvalue weighted by Gasteiger charge is -2.19. The molecule has 0 radical (unpaired) electrons. The number of rotatable bonds is 4. The lowest BCUT2D eigenvalue weighted by Crippen LogP contribution is -2.27. The number of aromatic nitrogens is 2. The minimum Gasteiger partial charge on any atom is -0.339 e. The molecule has 0 aliphatic carbocycles. The molecular weight excluding hydrogens is 250 g/mol. The lowest BCUT2D eigenvalue weighted by atomic mass is 10.0. The number of hydrogen-bond donors (Lipinski definition) is 1. The summed E-state index contributed by atoms with van der Waals surface area (Å²) < 4.78 is 5.36. The van der Waals surface area contributed by atoms with Crippen LogP contribution < -0.4 is 5.32 Å². The fraction of sp³-hybridized carbons (Fsp3) is 0.500. The average Bonchev–Trinajstić information content (AvgIpc) is 2.97. The van der Waals surface area contributed by atoms with Gasteiger partial charge in [-0.3, -0.25) is 0 Å². The van der Waals surface area contributed by atoms with Gasteiger partial charge in [-0.2, -0.15) is 4.98 Å². The molecule has 1 aliphatic rings. The van der Waals surface area contributed by atoms with Crippen molar-refractivity contribution in [3.05, 3.63) is 47.1 Å². The van der Waals surface area contributed by atoms with Crippen LogP contribution in [0.4, 0.5) is 0 Å². The second kappa shape index (κ2) is 6.18. The first-order valence-corrected chi connectivity index (χ1v) is 7.43. The predicted molar refractivity (Wildman–Crippen MR) is 77.5 cm³/mol. The highest BCUT2D eigenvalue weighted by Gasteiger charge is 2.20. The highest BCUT2D eigenvalue weighted by Crippen LogP contribution is 2.20. The van der Waals surface area contributed by atoms with Gasteiger partial charge in [-0.25, -0.2) is 0 Å². The normalized spacial score (nSPS) is 19.1. The summed E-state index contributed by atoms with van der Waals surface area (Å²) in [6.45, 7) is 3.16. The molecule has 3 rings (SSSR count). The Hall–Kier alpha value is -1.68. The van der Waals surface area contributed by atoms with Crippen molar-refractivity contribution >= 4 is 0 Å². The molecule has 4 nitrogen and oxygen atoms in total. The number of nitrogens with one attached hydrogen (secondary N) is 1. The molecule has 1 N–H and O–H groups in total. The molecule has 2 heterocycles. The third-order valence-corrected chi connectivity index (χ3v) is 3.85. The molecule has 1 atom stereocenters. The maximum Gasteiger partial charge on any atom is 0.227 e. The fourth-order valence-corrected chi connectivity index (χ4v) is 2.59. The minimum atomic E-state index is 0.278. The second-order valence-electron chi connectivity index (χ2n) is 5.53. The van der Waals surface area contributed by atoms with Crippen molar-refractivity contribution in [1.29, 1.82) is 0 Å². The van der Waals surface area contributed by atoms with Crippen molar-refractivity contribution in [2.45, 2.75) is 45.1 Å². The van der Waals surface area contributed by atoms with Crippen LogP contribution in [0.25, 0.3) is 0 Å². The molecule has 106 valence electrons. The Labute approximate surface area is 119 Å². The summed E-state index contributed by atoms with van der Waals surface area (Å²) in [6.07, 6.45) is 5.35. The second-order valence-corrected chi connectivity index (χ2v) is 5.53. The standard InChI is InChI=1S/C16H21N3O/c1-12-5-7-13(8-6-12)9-10-15-18-16(19-20-15)14-4-2-3-11-17-14/h5-8,14,17H,2-4,9-11H2,1H3. The molecule has 0 amide bonds. The van der Waals surface area contributed by atoms with Crippen LogP contribution in [0.5, 0.6) is 0 Å². The zero-order valence-corrected chi connectivity index (χ0v) is 11.9. The molecule has 1 aromatic heterocycles. The summed E-state index contributed by atoms with van der Waals surface area (Å²) in [5.41, 5.74) is 2.60. The molecule has 0 bridgehead atoms. The molecule has 1 aliphatic heterocycles. The smallest absolute Gasteiger partial charge is 0.227 e. The third-order valence-electron chi connectivity index (χ3n) is 3.85. The van der Waals surface area contributed by atoms with Crippen molar-refractivity contribution in [1.82, 2.24) is 15.5 Å². The van der Waals surface area contributed by atoms with Gasteiger partial charge in [0.2, 0.25) is 5.89 Å². The molecule has 1 aromatic carbocycles. The van der Waals surface area contributed by atoms with Crippen LogP contribution in [0.3, 0.4) is 0 Å². The summed E-state index contributed by atoms with van der Waals surface area (Å²) in [4.78, 5) is 4.53. The molecule has 1 fully saturated rings. The first kappa shape index (κ1) is 13.3. The van der Waals surface area contributed by atoms with E-state index in [4.69, 9.17) is 4.52 Å². The number of benzene rings is 1. The van der Waals surface area contributed by atoms with Crippen molar-refractivity contribution in [3.8, 4) is 0 Å². The molecule has 1 saturated heterocycles.